The Hall–Kier alpha value is -2.11. The Morgan fingerprint density at radius 2 is 2.14 bits per heavy atom. The zero-order chi connectivity index (χ0) is 15.4. The van der Waals surface area contributed by atoms with Crippen LogP contribution < -0.4 is 5.32 Å². The number of nitrogens with zero attached hydrogens (tertiary/aromatic N) is 1. The molecule has 0 aromatic heterocycles. The second-order valence-electron chi connectivity index (χ2n) is 5.35. The first-order valence-electron chi connectivity index (χ1n) is 6.96. The lowest BCUT2D eigenvalue weighted by Gasteiger charge is -2.17. The van der Waals surface area contributed by atoms with Crippen molar-refractivity contribution >= 4 is 12.0 Å². The van der Waals surface area contributed by atoms with Gasteiger partial charge in [-0.1, -0.05) is 12.1 Å². The summed E-state index contributed by atoms with van der Waals surface area (Å²) in [4.78, 5) is 23.5. The molecule has 2 amide bonds. The highest BCUT2D eigenvalue weighted by molar-refractivity contribution is 5.75. The number of carboxylic acids is 1. The summed E-state index contributed by atoms with van der Waals surface area (Å²) in [5, 5.41) is 11.2. The molecule has 1 fully saturated rings. The molecule has 1 aromatic rings. The zero-order valence-electron chi connectivity index (χ0n) is 11.9. The minimum absolute atomic E-state index is 0.0998. The number of benzene rings is 1. The van der Waals surface area contributed by atoms with Gasteiger partial charge in [0.2, 0.25) is 0 Å². The summed E-state index contributed by atoms with van der Waals surface area (Å²) in [5.74, 6) is -0.774. The van der Waals surface area contributed by atoms with E-state index in [2.05, 4.69) is 5.32 Å². The number of nitrogens with one attached hydrogen (secondary N) is 1. The van der Waals surface area contributed by atoms with E-state index in [9.17, 15) is 14.0 Å². The Labute approximate surface area is 122 Å². The fraction of sp³-hybridized carbons (Fsp3) is 0.467. The highest BCUT2D eigenvalue weighted by Gasteiger charge is 2.24. The maximum atomic E-state index is 13.7. The predicted octanol–water partition coefficient (Wildman–Crippen LogP) is 2.32. The largest absolute Gasteiger partial charge is 0.481 e. The maximum absolute atomic E-state index is 13.7. The van der Waals surface area contributed by atoms with E-state index in [1.54, 1.807) is 12.1 Å². The number of carbonyl (C=O) groups is 2. The molecule has 5 nitrogen and oxygen atoms in total. The van der Waals surface area contributed by atoms with Crippen LogP contribution in [0.4, 0.5) is 9.18 Å². The minimum Gasteiger partial charge on any atom is -0.481 e. The normalized spacial score (nSPS) is 13.8. The Bertz CT molecular complexity index is 544. The fourth-order valence-electron chi connectivity index (χ4n) is 2.07. The molecule has 2 rings (SSSR count). The van der Waals surface area contributed by atoms with E-state index in [0.717, 1.165) is 18.4 Å². The van der Waals surface area contributed by atoms with E-state index in [-0.39, 0.29) is 25.3 Å². The van der Waals surface area contributed by atoms with Crippen molar-refractivity contribution in [2.24, 2.45) is 0 Å². The van der Waals surface area contributed by atoms with E-state index >= 15 is 0 Å². The third-order valence-corrected chi connectivity index (χ3v) is 3.56. The van der Waals surface area contributed by atoms with Crippen LogP contribution in [0.1, 0.15) is 36.3 Å². The van der Waals surface area contributed by atoms with Crippen LogP contribution in [0.5, 0.6) is 0 Å². The van der Waals surface area contributed by atoms with E-state index < -0.39 is 12.0 Å². The fourth-order valence-corrected chi connectivity index (χ4v) is 2.07. The van der Waals surface area contributed by atoms with Gasteiger partial charge in [0.15, 0.2) is 0 Å². The van der Waals surface area contributed by atoms with E-state index in [1.165, 1.54) is 18.0 Å². The molecule has 0 bridgehead atoms. The van der Waals surface area contributed by atoms with Gasteiger partial charge in [0.1, 0.15) is 5.82 Å². The predicted molar refractivity (Wildman–Crippen MR) is 75.5 cm³/mol. The van der Waals surface area contributed by atoms with Crippen molar-refractivity contribution in [3.8, 4) is 0 Å². The average Bonchev–Trinajstić information content (AvgIpc) is 3.28. The van der Waals surface area contributed by atoms with Crippen molar-refractivity contribution in [1.82, 2.24) is 10.2 Å². The summed E-state index contributed by atoms with van der Waals surface area (Å²) < 4.78 is 13.7. The average molecular weight is 294 g/mol. The lowest BCUT2D eigenvalue weighted by molar-refractivity contribution is -0.137. The van der Waals surface area contributed by atoms with Crippen LogP contribution >= 0.6 is 0 Å². The van der Waals surface area contributed by atoms with Gasteiger partial charge in [-0.25, -0.2) is 9.18 Å². The number of aliphatic carboxylic acids is 1. The van der Waals surface area contributed by atoms with Crippen molar-refractivity contribution < 1.29 is 19.1 Å². The molecule has 114 valence electrons. The summed E-state index contributed by atoms with van der Waals surface area (Å²) in [6.07, 6.45) is 2.15. The van der Waals surface area contributed by atoms with Gasteiger partial charge in [-0.05, 0) is 30.4 Å². The smallest absolute Gasteiger partial charge is 0.317 e. The Morgan fingerprint density at radius 1 is 1.43 bits per heavy atom. The number of halogens is 1. The van der Waals surface area contributed by atoms with Crippen LogP contribution in [-0.4, -0.2) is 35.6 Å². The molecular weight excluding hydrogens is 275 g/mol. The molecule has 0 aliphatic heterocycles. The van der Waals surface area contributed by atoms with Crippen molar-refractivity contribution in [3.63, 3.8) is 0 Å². The highest BCUT2D eigenvalue weighted by atomic mass is 19.1. The Morgan fingerprint density at radius 3 is 2.76 bits per heavy atom. The van der Waals surface area contributed by atoms with Crippen molar-refractivity contribution in [3.05, 3.63) is 35.1 Å². The third kappa shape index (κ3) is 4.44. The first-order valence-corrected chi connectivity index (χ1v) is 6.96. The van der Waals surface area contributed by atoms with Gasteiger partial charge in [-0.2, -0.15) is 0 Å². The van der Waals surface area contributed by atoms with Gasteiger partial charge < -0.3 is 15.3 Å². The molecule has 2 N–H and O–H groups in total. The number of urea groups is 1. The molecule has 0 saturated heterocycles. The molecule has 1 aliphatic carbocycles. The van der Waals surface area contributed by atoms with Crippen molar-refractivity contribution in [2.45, 2.75) is 31.7 Å². The lowest BCUT2D eigenvalue weighted by Crippen LogP contribution is -2.38. The second kappa shape index (κ2) is 6.56. The van der Waals surface area contributed by atoms with Crippen molar-refractivity contribution in [2.75, 3.05) is 13.6 Å². The van der Waals surface area contributed by atoms with Gasteiger partial charge in [-0.3, -0.25) is 4.79 Å². The van der Waals surface area contributed by atoms with Gasteiger partial charge in [-0.15, -0.1) is 0 Å². The first-order chi connectivity index (χ1) is 9.97. The molecular formula is C15H19FN2O3. The highest BCUT2D eigenvalue weighted by Crippen LogP contribution is 2.40. The summed E-state index contributed by atoms with van der Waals surface area (Å²) in [7, 11) is 1.51. The number of rotatable bonds is 6. The Kier molecular flexibility index (Phi) is 4.77. The molecule has 1 aliphatic rings. The molecule has 21 heavy (non-hydrogen) atoms. The molecule has 6 heteroatoms. The SMILES string of the molecule is CN(CCC(=O)O)C(=O)NCc1cc(C2CC2)ccc1F. The van der Waals surface area contributed by atoms with Gasteiger partial charge in [0.05, 0.1) is 6.42 Å². The number of hydrogen-bond acceptors (Lipinski definition) is 2. The van der Waals surface area contributed by atoms with Gasteiger partial charge >= 0.3 is 12.0 Å². The second-order valence-corrected chi connectivity index (χ2v) is 5.35. The number of carboxylic acid groups (broad SMARTS) is 1. The molecule has 0 unspecified atom stereocenters. The van der Waals surface area contributed by atoms with Crippen LogP contribution in [0.3, 0.4) is 0 Å². The molecule has 0 radical (unpaired) electrons. The molecule has 0 heterocycles. The monoisotopic (exact) mass is 294 g/mol. The Balaban J connectivity index is 1.88. The molecule has 0 atom stereocenters. The van der Waals surface area contributed by atoms with E-state index in [0.29, 0.717) is 11.5 Å². The van der Waals surface area contributed by atoms with Crippen LogP contribution in [0.25, 0.3) is 0 Å². The number of amides is 2. The van der Waals surface area contributed by atoms with Crippen LogP contribution in [0.2, 0.25) is 0 Å². The first kappa shape index (κ1) is 15.3. The number of carbonyl (C=O) groups excluding carboxylic acids is 1. The van der Waals surface area contributed by atoms with Crippen LogP contribution in [0, 0.1) is 5.82 Å². The van der Waals surface area contributed by atoms with Crippen LogP contribution in [0.15, 0.2) is 18.2 Å². The third-order valence-electron chi connectivity index (χ3n) is 3.56. The lowest BCUT2D eigenvalue weighted by atomic mass is 10.1. The quantitative estimate of drug-likeness (QED) is 0.846. The standard InChI is InChI=1S/C15H19FN2O3/c1-18(7-6-14(19)20)15(21)17-9-12-8-11(10-2-3-10)4-5-13(12)16/h4-5,8,10H,2-3,6-7,9H2,1H3,(H,17,21)(H,19,20). The summed E-state index contributed by atoms with van der Waals surface area (Å²) in [5.41, 5.74) is 1.57. The topological polar surface area (TPSA) is 69.6 Å². The molecule has 1 saturated carbocycles. The maximum Gasteiger partial charge on any atom is 0.317 e. The van der Waals surface area contributed by atoms with Gasteiger partial charge in [0.25, 0.3) is 0 Å². The minimum atomic E-state index is -0.960. The summed E-state index contributed by atoms with van der Waals surface area (Å²) in [6.45, 7) is 0.217. The van der Waals surface area contributed by atoms with Crippen LogP contribution in [-0.2, 0) is 11.3 Å². The van der Waals surface area contributed by atoms with Crippen molar-refractivity contribution in [1.29, 1.82) is 0 Å². The van der Waals surface area contributed by atoms with E-state index in [1.807, 2.05) is 0 Å². The zero-order valence-corrected chi connectivity index (χ0v) is 11.9. The summed E-state index contributed by atoms with van der Waals surface area (Å²) >= 11 is 0. The van der Waals surface area contributed by atoms with Gasteiger partial charge in [0, 0.05) is 25.7 Å². The molecule has 1 aromatic carbocycles. The summed E-state index contributed by atoms with van der Waals surface area (Å²) in [6, 6.07) is 4.61. The van der Waals surface area contributed by atoms with E-state index in [4.69, 9.17) is 5.11 Å². The molecule has 0 spiro atoms. The number of hydrogen-bond donors (Lipinski definition) is 2.